The van der Waals surface area contributed by atoms with Gasteiger partial charge in [0.15, 0.2) is 0 Å². The third-order valence-corrected chi connectivity index (χ3v) is 4.46. The Morgan fingerprint density at radius 3 is 3.19 bits per heavy atom. The summed E-state index contributed by atoms with van der Waals surface area (Å²) in [5.41, 5.74) is 5.80. The Morgan fingerprint density at radius 1 is 1.31 bits per heavy atom. The number of anilines is 1. The standard InChI is InChI=1S/C14H12BrN/c15-10-6-9-5-4-8-2-1-3-11-13(8)14(9)12(7-10)16-11/h1-3,6-7,9,14,16H,4-5H2. The van der Waals surface area contributed by atoms with E-state index in [-0.39, 0.29) is 0 Å². The molecule has 1 N–H and O–H groups in total. The molecule has 2 aliphatic carbocycles. The van der Waals surface area contributed by atoms with E-state index in [1.165, 1.54) is 28.7 Å². The van der Waals surface area contributed by atoms with Crippen molar-refractivity contribution in [2.75, 3.05) is 5.32 Å². The molecule has 0 saturated heterocycles. The lowest BCUT2D eigenvalue weighted by atomic mass is 9.73. The van der Waals surface area contributed by atoms with Gasteiger partial charge in [-0.2, -0.15) is 0 Å². The van der Waals surface area contributed by atoms with Crippen molar-refractivity contribution in [2.45, 2.75) is 18.8 Å². The fourth-order valence-corrected chi connectivity index (χ4v) is 3.92. The lowest BCUT2D eigenvalue weighted by Crippen LogP contribution is -2.20. The van der Waals surface area contributed by atoms with Crippen LogP contribution in [0.1, 0.15) is 23.5 Å². The Kier molecular flexibility index (Phi) is 1.70. The van der Waals surface area contributed by atoms with Crippen molar-refractivity contribution in [1.82, 2.24) is 0 Å². The molecule has 4 rings (SSSR count). The molecular formula is C14H12BrN. The second kappa shape index (κ2) is 3.01. The molecule has 2 unspecified atom stereocenters. The molecule has 1 nitrogen and oxygen atoms in total. The number of hydrogen-bond acceptors (Lipinski definition) is 1. The molecular weight excluding hydrogens is 262 g/mol. The van der Waals surface area contributed by atoms with E-state index in [0.29, 0.717) is 11.8 Å². The molecule has 80 valence electrons. The molecule has 1 heterocycles. The lowest BCUT2D eigenvalue weighted by Gasteiger charge is -2.31. The van der Waals surface area contributed by atoms with E-state index < -0.39 is 0 Å². The molecule has 3 aliphatic rings. The van der Waals surface area contributed by atoms with Gasteiger partial charge in [0, 0.05) is 21.8 Å². The Hall–Kier alpha value is -1.02. The van der Waals surface area contributed by atoms with E-state index in [4.69, 9.17) is 0 Å². The van der Waals surface area contributed by atoms with Gasteiger partial charge < -0.3 is 5.32 Å². The minimum Gasteiger partial charge on any atom is -0.358 e. The highest BCUT2D eigenvalue weighted by molar-refractivity contribution is 9.11. The molecule has 1 aromatic carbocycles. The van der Waals surface area contributed by atoms with Gasteiger partial charge in [-0.25, -0.2) is 0 Å². The normalized spacial score (nSPS) is 29.1. The van der Waals surface area contributed by atoms with Gasteiger partial charge in [-0.05, 0) is 42.0 Å². The number of aryl methyl sites for hydroxylation is 1. The zero-order valence-corrected chi connectivity index (χ0v) is 10.4. The van der Waals surface area contributed by atoms with Crippen LogP contribution in [0.4, 0.5) is 5.69 Å². The molecule has 0 spiro atoms. The van der Waals surface area contributed by atoms with Crippen LogP contribution in [0.15, 0.2) is 40.5 Å². The topological polar surface area (TPSA) is 12.0 Å². The SMILES string of the molecule is BrC1=CC2CCc3cccc4c3C2C(=C1)N4. The first-order valence-electron chi connectivity index (χ1n) is 5.80. The van der Waals surface area contributed by atoms with Gasteiger partial charge in [0.1, 0.15) is 0 Å². The van der Waals surface area contributed by atoms with Crippen LogP contribution < -0.4 is 5.32 Å². The third-order valence-electron chi connectivity index (χ3n) is 3.96. The molecule has 0 amide bonds. The van der Waals surface area contributed by atoms with Gasteiger partial charge in [0.25, 0.3) is 0 Å². The maximum atomic E-state index is 3.62. The van der Waals surface area contributed by atoms with E-state index in [2.05, 4.69) is 51.6 Å². The predicted octanol–water partition coefficient (Wildman–Crippen LogP) is 3.93. The second-order valence-electron chi connectivity index (χ2n) is 4.83. The molecule has 1 aromatic rings. The van der Waals surface area contributed by atoms with Crippen LogP contribution >= 0.6 is 15.9 Å². The van der Waals surface area contributed by atoms with E-state index in [9.17, 15) is 0 Å². The summed E-state index contributed by atoms with van der Waals surface area (Å²) in [4.78, 5) is 0. The van der Waals surface area contributed by atoms with Crippen LogP contribution in [-0.2, 0) is 6.42 Å². The van der Waals surface area contributed by atoms with Crippen molar-refractivity contribution >= 4 is 21.6 Å². The largest absolute Gasteiger partial charge is 0.358 e. The van der Waals surface area contributed by atoms with Crippen molar-refractivity contribution in [3.05, 3.63) is 51.7 Å². The Labute approximate surface area is 103 Å². The molecule has 0 bridgehead atoms. The van der Waals surface area contributed by atoms with Gasteiger partial charge in [0.05, 0.1) is 0 Å². The van der Waals surface area contributed by atoms with Crippen LogP contribution in [0.5, 0.6) is 0 Å². The minimum absolute atomic E-state index is 0.598. The van der Waals surface area contributed by atoms with Crippen molar-refractivity contribution in [1.29, 1.82) is 0 Å². The average molecular weight is 274 g/mol. The first-order chi connectivity index (χ1) is 7.83. The number of allylic oxidation sites excluding steroid dienone is 4. The van der Waals surface area contributed by atoms with Crippen LogP contribution in [0.2, 0.25) is 0 Å². The predicted molar refractivity (Wildman–Crippen MR) is 69.7 cm³/mol. The molecule has 0 radical (unpaired) electrons. The molecule has 1 aliphatic heterocycles. The number of benzene rings is 1. The number of rotatable bonds is 0. The number of halogens is 1. The average Bonchev–Trinajstić information content (AvgIpc) is 2.64. The summed E-state index contributed by atoms with van der Waals surface area (Å²) in [6.07, 6.45) is 7.10. The van der Waals surface area contributed by atoms with E-state index >= 15 is 0 Å². The summed E-state index contributed by atoms with van der Waals surface area (Å²) < 4.78 is 1.23. The Balaban J connectivity index is 1.98. The first kappa shape index (κ1) is 9.06. The van der Waals surface area contributed by atoms with E-state index in [1.807, 2.05) is 0 Å². The molecule has 2 heteroatoms. The Morgan fingerprint density at radius 2 is 2.25 bits per heavy atom. The first-order valence-corrected chi connectivity index (χ1v) is 6.60. The molecule has 2 atom stereocenters. The van der Waals surface area contributed by atoms with Crippen LogP contribution in [0.25, 0.3) is 0 Å². The lowest BCUT2D eigenvalue weighted by molar-refractivity contribution is 0.494. The minimum atomic E-state index is 0.598. The number of hydrogen-bond donors (Lipinski definition) is 1. The smallest absolute Gasteiger partial charge is 0.0424 e. The highest BCUT2D eigenvalue weighted by Crippen LogP contribution is 2.52. The Bertz CT molecular complexity index is 542. The van der Waals surface area contributed by atoms with E-state index in [1.54, 1.807) is 11.1 Å². The molecule has 0 aromatic heterocycles. The fourth-order valence-electron chi connectivity index (χ4n) is 3.34. The fraction of sp³-hybridized carbons (Fsp3) is 0.286. The van der Waals surface area contributed by atoms with E-state index in [0.717, 1.165) is 0 Å². The van der Waals surface area contributed by atoms with Gasteiger partial charge >= 0.3 is 0 Å². The highest BCUT2D eigenvalue weighted by Gasteiger charge is 2.39. The number of nitrogens with one attached hydrogen (secondary N) is 1. The molecule has 0 saturated carbocycles. The zero-order chi connectivity index (χ0) is 10.7. The second-order valence-corrected chi connectivity index (χ2v) is 5.75. The monoisotopic (exact) mass is 273 g/mol. The van der Waals surface area contributed by atoms with Gasteiger partial charge in [-0.1, -0.05) is 34.1 Å². The summed E-state index contributed by atoms with van der Waals surface area (Å²) >= 11 is 3.62. The third kappa shape index (κ3) is 1.06. The van der Waals surface area contributed by atoms with Crippen LogP contribution in [0.3, 0.4) is 0 Å². The van der Waals surface area contributed by atoms with Crippen LogP contribution in [0, 0.1) is 5.92 Å². The summed E-state index contributed by atoms with van der Waals surface area (Å²) in [5.74, 6) is 1.28. The van der Waals surface area contributed by atoms with Crippen LogP contribution in [-0.4, -0.2) is 0 Å². The summed E-state index contributed by atoms with van der Waals surface area (Å²) in [5, 5.41) is 3.57. The molecule has 16 heavy (non-hydrogen) atoms. The zero-order valence-electron chi connectivity index (χ0n) is 8.83. The quantitative estimate of drug-likeness (QED) is 0.755. The maximum Gasteiger partial charge on any atom is 0.0424 e. The van der Waals surface area contributed by atoms with Crippen molar-refractivity contribution in [3.8, 4) is 0 Å². The summed E-state index contributed by atoms with van der Waals surface area (Å²) in [7, 11) is 0. The summed E-state index contributed by atoms with van der Waals surface area (Å²) in [6, 6.07) is 6.66. The van der Waals surface area contributed by atoms with Gasteiger partial charge in [-0.15, -0.1) is 0 Å². The van der Waals surface area contributed by atoms with Crippen molar-refractivity contribution in [3.63, 3.8) is 0 Å². The van der Waals surface area contributed by atoms with Gasteiger partial charge in [-0.3, -0.25) is 0 Å². The highest BCUT2D eigenvalue weighted by atomic mass is 79.9. The molecule has 0 fully saturated rings. The van der Waals surface area contributed by atoms with Gasteiger partial charge in [0.2, 0.25) is 0 Å². The van der Waals surface area contributed by atoms with Crippen molar-refractivity contribution in [2.24, 2.45) is 5.92 Å². The summed E-state index contributed by atoms with van der Waals surface area (Å²) in [6.45, 7) is 0. The maximum absolute atomic E-state index is 3.62. The van der Waals surface area contributed by atoms with Crippen molar-refractivity contribution < 1.29 is 0 Å².